The van der Waals surface area contributed by atoms with E-state index in [9.17, 15) is 9.70 Å². The van der Waals surface area contributed by atoms with Gasteiger partial charge in [-0.25, -0.2) is 4.79 Å². The van der Waals surface area contributed by atoms with Crippen molar-refractivity contribution in [3.8, 4) is 0 Å². The Balaban J connectivity index is 2.72. The molecule has 0 heterocycles. The van der Waals surface area contributed by atoms with Crippen LogP contribution in [-0.2, 0) is 11.2 Å². The van der Waals surface area contributed by atoms with Gasteiger partial charge in [-0.3, -0.25) is 0 Å². The lowest BCUT2D eigenvalue weighted by Gasteiger charge is -2.03. The Morgan fingerprint density at radius 2 is 2.00 bits per heavy atom. The number of hydrogen-bond donors (Lipinski definition) is 1. The number of aliphatic carboxylic acids is 1. The average Bonchev–Trinajstić information content (AvgIpc) is 2.16. The molecule has 0 saturated heterocycles. The zero-order valence-corrected chi connectivity index (χ0v) is 7.80. The summed E-state index contributed by atoms with van der Waals surface area (Å²) >= 11 is 0. The maximum atomic E-state index is 10.5. The molecule has 0 fully saturated rings. The van der Waals surface area contributed by atoms with Gasteiger partial charge in [0.25, 0.3) is 0 Å². The third kappa shape index (κ3) is 2.65. The van der Waals surface area contributed by atoms with Gasteiger partial charge >= 0.3 is 5.97 Å². The monoisotopic (exact) mass is 193 g/mol. The predicted molar refractivity (Wildman–Crippen MR) is 52.1 cm³/mol. The van der Waals surface area contributed by atoms with E-state index in [2.05, 4.69) is 5.18 Å². The number of nitroso groups, excluding NO2 is 1. The number of carboxylic acids is 1. The fourth-order valence-electron chi connectivity index (χ4n) is 1.12. The van der Waals surface area contributed by atoms with Crippen LogP contribution in [0.15, 0.2) is 29.4 Å². The Morgan fingerprint density at radius 3 is 2.43 bits per heavy atom. The van der Waals surface area contributed by atoms with Crippen LogP contribution in [0.5, 0.6) is 0 Å². The van der Waals surface area contributed by atoms with Gasteiger partial charge in [0.05, 0.1) is 0 Å². The quantitative estimate of drug-likeness (QED) is 0.741. The first kappa shape index (κ1) is 10.4. The van der Waals surface area contributed by atoms with Crippen LogP contribution in [0.2, 0.25) is 0 Å². The van der Waals surface area contributed by atoms with E-state index in [1.54, 1.807) is 12.1 Å². The molecule has 0 saturated carbocycles. The second-order valence-corrected chi connectivity index (χ2v) is 3.15. The van der Waals surface area contributed by atoms with Gasteiger partial charge < -0.3 is 5.11 Å². The Morgan fingerprint density at radius 1 is 1.43 bits per heavy atom. The molecule has 1 atom stereocenters. The summed E-state index contributed by atoms with van der Waals surface area (Å²) in [5.74, 6) is -1.18. The van der Waals surface area contributed by atoms with Crippen LogP contribution in [0.3, 0.4) is 0 Å². The molecule has 0 amide bonds. The number of carbonyl (C=O) groups is 1. The molecule has 0 aliphatic heterocycles. The van der Waals surface area contributed by atoms with Crippen LogP contribution in [0.25, 0.3) is 0 Å². The molecular weight excluding hydrogens is 182 g/mol. The van der Waals surface area contributed by atoms with Crippen molar-refractivity contribution in [2.24, 2.45) is 5.18 Å². The molecule has 0 aromatic heterocycles. The van der Waals surface area contributed by atoms with Gasteiger partial charge in [0.1, 0.15) is 0 Å². The fourth-order valence-corrected chi connectivity index (χ4v) is 1.12. The van der Waals surface area contributed by atoms with E-state index in [0.717, 1.165) is 11.1 Å². The second kappa shape index (κ2) is 4.50. The lowest BCUT2D eigenvalue weighted by atomic mass is 10.1. The largest absolute Gasteiger partial charge is 0.480 e. The van der Waals surface area contributed by atoms with Crippen LogP contribution in [0, 0.1) is 11.8 Å². The summed E-state index contributed by atoms with van der Waals surface area (Å²) in [6.07, 6.45) is 0.152. The Bertz CT molecular complexity index is 332. The van der Waals surface area contributed by atoms with E-state index in [1.807, 2.05) is 19.1 Å². The molecule has 14 heavy (non-hydrogen) atoms. The van der Waals surface area contributed by atoms with Gasteiger partial charge in [0.2, 0.25) is 0 Å². The minimum absolute atomic E-state index is 0.152. The summed E-state index contributed by atoms with van der Waals surface area (Å²) in [4.78, 5) is 20.7. The number of carboxylic acid groups (broad SMARTS) is 1. The molecule has 1 aromatic rings. The fraction of sp³-hybridized carbons (Fsp3) is 0.300. The van der Waals surface area contributed by atoms with Crippen molar-refractivity contribution in [3.63, 3.8) is 0 Å². The van der Waals surface area contributed by atoms with Crippen molar-refractivity contribution >= 4 is 5.97 Å². The Hall–Kier alpha value is -1.71. The lowest BCUT2D eigenvalue weighted by molar-refractivity contribution is -0.138. The highest BCUT2D eigenvalue weighted by Gasteiger charge is 2.17. The SMILES string of the molecule is Cc1ccc(C[C@H](N=O)C(=O)O)cc1. The zero-order valence-electron chi connectivity index (χ0n) is 7.80. The van der Waals surface area contributed by atoms with E-state index in [0.29, 0.717) is 0 Å². The number of benzene rings is 1. The molecule has 1 N–H and O–H groups in total. The molecule has 0 aliphatic rings. The van der Waals surface area contributed by atoms with Gasteiger partial charge in [-0.15, -0.1) is 4.91 Å². The van der Waals surface area contributed by atoms with Crippen molar-refractivity contribution in [2.45, 2.75) is 19.4 Å². The summed E-state index contributed by atoms with van der Waals surface area (Å²) in [5.41, 5.74) is 1.90. The predicted octanol–water partition coefficient (Wildman–Crippen LogP) is 1.76. The molecule has 0 spiro atoms. The maximum Gasteiger partial charge on any atom is 0.332 e. The van der Waals surface area contributed by atoms with Crippen molar-refractivity contribution in [3.05, 3.63) is 40.3 Å². The van der Waals surface area contributed by atoms with E-state index in [-0.39, 0.29) is 6.42 Å². The van der Waals surface area contributed by atoms with Gasteiger partial charge in [0.15, 0.2) is 6.04 Å². The van der Waals surface area contributed by atoms with Crippen LogP contribution < -0.4 is 0 Å². The van der Waals surface area contributed by atoms with E-state index >= 15 is 0 Å². The maximum absolute atomic E-state index is 10.5. The third-order valence-electron chi connectivity index (χ3n) is 1.96. The van der Waals surface area contributed by atoms with Crippen LogP contribution >= 0.6 is 0 Å². The van der Waals surface area contributed by atoms with E-state index < -0.39 is 12.0 Å². The number of hydrogen-bond acceptors (Lipinski definition) is 3. The standard InChI is InChI=1S/C10H11NO3/c1-7-2-4-8(5-3-7)6-9(11-14)10(12)13/h2-5,9H,6H2,1H3,(H,12,13)/t9-/m0/s1. The molecule has 4 nitrogen and oxygen atoms in total. The summed E-state index contributed by atoms with van der Waals surface area (Å²) in [7, 11) is 0. The molecule has 0 bridgehead atoms. The highest BCUT2D eigenvalue weighted by molar-refractivity contribution is 5.74. The zero-order chi connectivity index (χ0) is 10.6. The third-order valence-corrected chi connectivity index (χ3v) is 1.96. The first-order chi connectivity index (χ1) is 6.63. The number of aryl methyl sites for hydroxylation is 1. The summed E-state index contributed by atoms with van der Waals surface area (Å²) in [5, 5.41) is 11.2. The first-order valence-corrected chi connectivity index (χ1v) is 4.24. The van der Waals surface area contributed by atoms with E-state index in [4.69, 9.17) is 5.11 Å². The highest BCUT2D eigenvalue weighted by Crippen LogP contribution is 2.08. The smallest absolute Gasteiger partial charge is 0.332 e. The summed E-state index contributed by atoms with van der Waals surface area (Å²) < 4.78 is 0. The van der Waals surface area contributed by atoms with E-state index in [1.165, 1.54) is 0 Å². The summed E-state index contributed by atoms with van der Waals surface area (Å²) in [6, 6.07) is 6.17. The highest BCUT2D eigenvalue weighted by atomic mass is 16.4. The summed E-state index contributed by atoms with van der Waals surface area (Å²) in [6.45, 7) is 1.94. The molecule has 0 aliphatic carbocycles. The van der Waals surface area contributed by atoms with Crippen LogP contribution in [0.4, 0.5) is 0 Å². The van der Waals surface area contributed by atoms with Crippen molar-refractivity contribution in [2.75, 3.05) is 0 Å². The van der Waals surface area contributed by atoms with Crippen LogP contribution in [-0.4, -0.2) is 17.1 Å². The van der Waals surface area contributed by atoms with Crippen molar-refractivity contribution in [1.82, 2.24) is 0 Å². The Kier molecular flexibility index (Phi) is 3.34. The average molecular weight is 193 g/mol. The molecular formula is C10H11NO3. The molecule has 74 valence electrons. The van der Waals surface area contributed by atoms with Crippen LogP contribution in [0.1, 0.15) is 11.1 Å². The molecule has 4 heteroatoms. The molecule has 1 aromatic carbocycles. The second-order valence-electron chi connectivity index (χ2n) is 3.15. The molecule has 1 rings (SSSR count). The van der Waals surface area contributed by atoms with Crippen molar-refractivity contribution < 1.29 is 9.90 Å². The minimum atomic E-state index is -1.18. The lowest BCUT2D eigenvalue weighted by Crippen LogP contribution is -2.19. The minimum Gasteiger partial charge on any atom is -0.480 e. The number of nitrogens with zero attached hydrogens (tertiary/aromatic N) is 1. The topological polar surface area (TPSA) is 66.7 Å². The Labute approximate surface area is 81.5 Å². The number of rotatable bonds is 4. The van der Waals surface area contributed by atoms with Gasteiger partial charge in [-0.1, -0.05) is 35.0 Å². The van der Waals surface area contributed by atoms with Crippen molar-refractivity contribution in [1.29, 1.82) is 0 Å². The van der Waals surface area contributed by atoms with Gasteiger partial charge in [-0.05, 0) is 12.5 Å². The van der Waals surface area contributed by atoms with Gasteiger partial charge in [-0.2, -0.15) is 0 Å². The normalized spacial score (nSPS) is 12.1. The molecule has 0 unspecified atom stereocenters. The van der Waals surface area contributed by atoms with Gasteiger partial charge in [0, 0.05) is 6.42 Å². The molecule has 0 radical (unpaired) electrons. The first-order valence-electron chi connectivity index (χ1n) is 4.24.